The Morgan fingerprint density at radius 3 is 1.58 bits per heavy atom. The predicted molar refractivity (Wildman–Crippen MR) is 214 cm³/mol. The van der Waals surface area contributed by atoms with Gasteiger partial charge in [0.1, 0.15) is 12.7 Å². The van der Waals surface area contributed by atoms with Crippen LogP contribution in [0.15, 0.2) is 48.6 Å². The average Bonchev–Trinajstić information content (AvgIpc) is 3.14. The number of rotatable bonds is 38. The highest BCUT2D eigenvalue weighted by atomic mass is 31.2. The Balaban J connectivity index is 4.37. The Labute approximate surface area is 322 Å². The van der Waals surface area contributed by atoms with Gasteiger partial charge in [0.25, 0.3) is 0 Å². The van der Waals surface area contributed by atoms with Crippen LogP contribution in [0.5, 0.6) is 0 Å². The van der Waals surface area contributed by atoms with E-state index in [1.54, 1.807) is 0 Å². The van der Waals surface area contributed by atoms with E-state index in [0.29, 0.717) is 12.8 Å². The van der Waals surface area contributed by atoms with E-state index in [4.69, 9.17) is 19.1 Å². The average molecular weight is 771 g/mol. The van der Waals surface area contributed by atoms with Crippen molar-refractivity contribution in [2.24, 2.45) is 0 Å². The summed E-state index contributed by atoms with van der Waals surface area (Å²) in [5.41, 5.74) is 0. The number of allylic oxidation sites excluding steroid dienone is 8. The van der Waals surface area contributed by atoms with Crippen LogP contribution < -0.4 is 0 Å². The molecule has 0 fully saturated rings. The molecule has 0 aromatic rings. The van der Waals surface area contributed by atoms with Gasteiger partial charge in [0.05, 0.1) is 19.8 Å². The van der Waals surface area contributed by atoms with Gasteiger partial charge < -0.3 is 24.6 Å². The molecule has 3 N–H and O–H groups in total. The number of aliphatic hydroxyl groups is 2. The lowest BCUT2D eigenvalue weighted by Gasteiger charge is -2.20. The van der Waals surface area contributed by atoms with E-state index in [9.17, 15) is 24.2 Å². The maximum absolute atomic E-state index is 12.6. The number of hydrogen-bond donors (Lipinski definition) is 3. The van der Waals surface area contributed by atoms with Gasteiger partial charge in [-0.1, -0.05) is 133 Å². The summed E-state index contributed by atoms with van der Waals surface area (Å²) in [5, 5.41) is 18.3. The molecule has 10 nitrogen and oxygen atoms in total. The molecule has 0 saturated heterocycles. The number of hydrogen-bond acceptors (Lipinski definition) is 9. The smallest absolute Gasteiger partial charge is 0.462 e. The summed E-state index contributed by atoms with van der Waals surface area (Å²) in [4.78, 5) is 34.9. The number of carbonyl (C=O) groups is 2. The van der Waals surface area contributed by atoms with Crippen LogP contribution in [0.1, 0.15) is 168 Å². The van der Waals surface area contributed by atoms with Crippen molar-refractivity contribution in [1.29, 1.82) is 0 Å². The number of esters is 2. The summed E-state index contributed by atoms with van der Waals surface area (Å²) >= 11 is 0. The molecule has 0 amide bonds. The second-order valence-corrected chi connectivity index (χ2v) is 15.1. The van der Waals surface area contributed by atoms with Crippen molar-refractivity contribution >= 4 is 19.8 Å². The molecule has 0 saturated carbocycles. The topological polar surface area (TPSA) is 149 Å². The molecular formula is C42H75O10P. The molecule has 1 unspecified atom stereocenters. The van der Waals surface area contributed by atoms with E-state index in [2.05, 4.69) is 67.0 Å². The van der Waals surface area contributed by atoms with Crippen molar-refractivity contribution in [3.8, 4) is 0 Å². The maximum Gasteiger partial charge on any atom is 0.472 e. The first-order valence-corrected chi connectivity index (χ1v) is 22.1. The second-order valence-electron chi connectivity index (χ2n) is 13.6. The molecule has 0 radical (unpaired) electrons. The van der Waals surface area contributed by atoms with Gasteiger partial charge >= 0.3 is 19.8 Å². The van der Waals surface area contributed by atoms with Gasteiger partial charge in [-0.25, -0.2) is 4.57 Å². The molecule has 3 atom stereocenters. The van der Waals surface area contributed by atoms with Crippen LogP contribution in [0.3, 0.4) is 0 Å². The lowest BCUT2D eigenvalue weighted by molar-refractivity contribution is -0.161. The molecule has 53 heavy (non-hydrogen) atoms. The Morgan fingerprint density at radius 2 is 1.04 bits per heavy atom. The van der Waals surface area contributed by atoms with Crippen molar-refractivity contribution in [3.05, 3.63) is 48.6 Å². The number of phosphoric ester groups is 1. The number of phosphoric acid groups is 1. The largest absolute Gasteiger partial charge is 0.472 e. The van der Waals surface area contributed by atoms with E-state index >= 15 is 0 Å². The van der Waals surface area contributed by atoms with Gasteiger partial charge in [0, 0.05) is 12.8 Å². The van der Waals surface area contributed by atoms with Gasteiger partial charge in [0.2, 0.25) is 0 Å². The Kier molecular flexibility index (Phi) is 36.7. The lowest BCUT2D eigenvalue weighted by atomic mass is 10.1. The first-order chi connectivity index (χ1) is 25.7. The summed E-state index contributed by atoms with van der Waals surface area (Å²) in [5.74, 6) is -0.957. The molecule has 0 aliphatic rings. The van der Waals surface area contributed by atoms with E-state index in [1.165, 1.54) is 38.5 Å². The Morgan fingerprint density at radius 1 is 0.585 bits per heavy atom. The van der Waals surface area contributed by atoms with Crippen LogP contribution in [0.25, 0.3) is 0 Å². The Bertz CT molecular complexity index is 1030. The molecule has 0 aliphatic carbocycles. The molecule has 0 bridgehead atoms. The van der Waals surface area contributed by atoms with E-state index in [0.717, 1.165) is 89.9 Å². The number of unbranched alkanes of at least 4 members (excludes halogenated alkanes) is 16. The van der Waals surface area contributed by atoms with Crippen molar-refractivity contribution in [1.82, 2.24) is 0 Å². The highest BCUT2D eigenvalue weighted by molar-refractivity contribution is 7.47. The minimum atomic E-state index is -4.62. The third-order valence-electron chi connectivity index (χ3n) is 8.47. The molecular weight excluding hydrogens is 695 g/mol. The van der Waals surface area contributed by atoms with Crippen molar-refractivity contribution < 1.29 is 47.8 Å². The predicted octanol–water partition coefficient (Wildman–Crippen LogP) is 10.6. The molecule has 0 spiro atoms. The fourth-order valence-electron chi connectivity index (χ4n) is 5.30. The van der Waals surface area contributed by atoms with Gasteiger partial charge in [-0.3, -0.25) is 18.6 Å². The van der Waals surface area contributed by atoms with Crippen LogP contribution >= 0.6 is 7.82 Å². The molecule has 0 aromatic carbocycles. The normalized spacial score (nSPS) is 14.4. The van der Waals surface area contributed by atoms with Crippen molar-refractivity contribution in [2.75, 3.05) is 26.4 Å². The SMILES string of the molecule is CC/C=C\C/C=C\C/C=C\CCCCCCCC(=O)OC[C@H](COP(=O)(O)OC[C@@H](O)CO)OC(=O)CCCCCCC/C=C\CCCCCCCC. The van der Waals surface area contributed by atoms with Crippen LogP contribution in [-0.2, 0) is 32.7 Å². The number of ether oxygens (including phenoxy) is 2. The van der Waals surface area contributed by atoms with Gasteiger partial charge in [0.15, 0.2) is 6.10 Å². The van der Waals surface area contributed by atoms with Gasteiger partial charge in [-0.15, -0.1) is 0 Å². The third-order valence-corrected chi connectivity index (χ3v) is 9.42. The first kappa shape index (κ1) is 50.9. The third kappa shape index (κ3) is 38.0. The van der Waals surface area contributed by atoms with Crippen LogP contribution in [0.2, 0.25) is 0 Å². The number of aliphatic hydroxyl groups excluding tert-OH is 2. The molecule has 0 aliphatic heterocycles. The summed E-state index contributed by atoms with van der Waals surface area (Å²) in [6, 6.07) is 0. The van der Waals surface area contributed by atoms with Crippen LogP contribution in [0, 0.1) is 0 Å². The van der Waals surface area contributed by atoms with Crippen molar-refractivity contribution in [3.63, 3.8) is 0 Å². The molecule has 0 heterocycles. The van der Waals surface area contributed by atoms with E-state index in [-0.39, 0.29) is 19.4 Å². The van der Waals surface area contributed by atoms with Gasteiger partial charge in [-0.05, 0) is 70.6 Å². The van der Waals surface area contributed by atoms with E-state index in [1.807, 2.05) is 0 Å². The maximum atomic E-state index is 12.6. The molecule has 308 valence electrons. The molecule has 0 aromatic heterocycles. The zero-order valence-corrected chi connectivity index (χ0v) is 34.1. The van der Waals surface area contributed by atoms with Crippen LogP contribution in [0.4, 0.5) is 0 Å². The molecule has 11 heteroatoms. The lowest BCUT2D eigenvalue weighted by Crippen LogP contribution is -2.29. The summed E-state index contributed by atoms with van der Waals surface area (Å²) in [6.07, 6.45) is 39.3. The quantitative estimate of drug-likeness (QED) is 0.0240. The summed E-state index contributed by atoms with van der Waals surface area (Å²) < 4.78 is 32.6. The minimum absolute atomic E-state index is 0.169. The summed E-state index contributed by atoms with van der Waals surface area (Å²) in [6.45, 7) is 2.22. The Hall–Kier alpha value is -2.07. The van der Waals surface area contributed by atoms with E-state index < -0.39 is 51.8 Å². The van der Waals surface area contributed by atoms with Gasteiger partial charge in [-0.2, -0.15) is 0 Å². The zero-order chi connectivity index (χ0) is 39.1. The van der Waals surface area contributed by atoms with Crippen LogP contribution in [-0.4, -0.2) is 65.7 Å². The second kappa shape index (κ2) is 38.2. The zero-order valence-electron chi connectivity index (χ0n) is 33.2. The number of carbonyl (C=O) groups excluding carboxylic acids is 2. The summed E-state index contributed by atoms with van der Waals surface area (Å²) in [7, 11) is -4.62. The monoisotopic (exact) mass is 771 g/mol. The van der Waals surface area contributed by atoms with Crippen molar-refractivity contribution in [2.45, 2.75) is 180 Å². The molecule has 0 rings (SSSR count). The first-order valence-electron chi connectivity index (χ1n) is 20.6. The highest BCUT2D eigenvalue weighted by Crippen LogP contribution is 2.43. The minimum Gasteiger partial charge on any atom is -0.462 e. The fraction of sp³-hybridized carbons (Fsp3) is 0.762. The standard InChI is InChI=1S/C42H75O10P/c1-3-5-7-9-11-13-15-17-19-21-23-25-27-29-31-33-41(45)49-37-40(38-51-53(47,48)50-36-39(44)35-43)52-42(46)34-32-30-28-26-24-22-20-18-16-14-12-10-8-6-4-2/h5,7,11,13,17-20,39-40,43-44H,3-4,6,8-10,12,14-16,21-38H2,1-2H3,(H,47,48)/b7-5-,13-11-,19-17-,20-18-/t39-,40+/m0/s1. The fourth-order valence-corrected chi connectivity index (χ4v) is 6.08. The highest BCUT2D eigenvalue weighted by Gasteiger charge is 2.27.